The zero-order chi connectivity index (χ0) is 13.8. The Morgan fingerprint density at radius 1 is 1.53 bits per heavy atom. The zero-order valence-electron chi connectivity index (χ0n) is 10.4. The van der Waals surface area contributed by atoms with E-state index in [1.54, 1.807) is 19.2 Å². The lowest BCUT2D eigenvalue weighted by Gasteiger charge is -2.06. The Morgan fingerprint density at radius 2 is 2.32 bits per heavy atom. The van der Waals surface area contributed by atoms with Crippen LogP contribution in [0, 0.1) is 0 Å². The van der Waals surface area contributed by atoms with Crippen LogP contribution in [0.25, 0.3) is 0 Å². The molecule has 1 heterocycles. The third-order valence-corrected chi connectivity index (χ3v) is 3.24. The third kappa shape index (κ3) is 3.65. The topological polar surface area (TPSA) is 64.1 Å². The number of nitrogens with zero attached hydrogens (tertiary/aromatic N) is 2. The standard InChI is InChI=1S/C12H12ClN3O2S/c1-7(17)5-11-15-12(19-16-11)14-8-3-4-10(18-2)9(13)6-8/h3-4,6H,5H2,1-2H3,(H,14,15,16). The van der Waals surface area contributed by atoms with E-state index < -0.39 is 0 Å². The van der Waals surface area contributed by atoms with Gasteiger partial charge in [0, 0.05) is 17.2 Å². The number of hydrogen-bond donors (Lipinski definition) is 1. The molecule has 0 fully saturated rings. The number of hydrogen-bond acceptors (Lipinski definition) is 6. The van der Waals surface area contributed by atoms with Crippen LogP contribution in [0.2, 0.25) is 5.02 Å². The molecule has 0 aliphatic rings. The van der Waals surface area contributed by atoms with Crippen molar-refractivity contribution in [1.82, 2.24) is 9.36 Å². The molecule has 5 nitrogen and oxygen atoms in total. The minimum absolute atomic E-state index is 0.0387. The SMILES string of the molecule is COc1ccc(Nc2nc(CC(C)=O)ns2)cc1Cl. The van der Waals surface area contributed by atoms with E-state index in [1.807, 2.05) is 6.07 Å². The minimum Gasteiger partial charge on any atom is -0.495 e. The molecule has 0 saturated carbocycles. The van der Waals surface area contributed by atoms with Gasteiger partial charge in [-0.25, -0.2) is 4.98 Å². The number of methoxy groups -OCH3 is 1. The molecule has 19 heavy (non-hydrogen) atoms. The summed E-state index contributed by atoms with van der Waals surface area (Å²) >= 11 is 7.23. The van der Waals surface area contributed by atoms with Crippen molar-refractivity contribution < 1.29 is 9.53 Å². The maximum atomic E-state index is 11.0. The number of ether oxygens (including phenoxy) is 1. The molecular weight excluding hydrogens is 286 g/mol. The normalized spacial score (nSPS) is 10.3. The molecule has 2 aromatic rings. The molecule has 1 aromatic carbocycles. The maximum absolute atomic E-state index is 11.0. The zero-order valence-corrected chi connectivity index (χ0v) is 12.0. The molecule has 0 aliphatic carbocycles. The summed E-state index contributed by atoms with van der Waals surface area (Å²) in [6.07, 6.45) is 0.252. The quantitative estimate of drug-likeness (QED) is 0.919. The summed E-state index contributed by atoms with van der Waals surface area (Å²) in [5.41, 5.74) is 0.788. The number of nitrogens with one attached hydrogen (secondary N) is 1. The molecule has 2 rings (SSSR count). The highest BCUT2D eigenvalue weighted by atomic mass is 35.5. The number of benzene rings is 1. The first kappa shape index (κ1) is 13.8. The summed E-state index contributed by atoms with van der Waals surface area (Å²) in [4.78, 5) is 15.2. The number of carbonyl (C=O) groups excluding carboxylic acids is 1. The second-order valence-electron chi connectivity index (χ2n) is 3.87. The fraction of sp³-hybridized carbons (Fsp3) is 0.250. The van der Waals surface area contributed by atoms with E-state index in [0.29, 0.717) is 21.7 Å². The Labute approximate surface area is 119 Å². The van der Waals surface area contributed by atoms with Gasteiger partial charge in [-0.3, -0.25) is 4.79 Å². The van der Waals surface area contributed by atoms with Gasteiger partial charge in [0.1, 0.15) is 11.5 Å². The Hall–Kier alpha value is -1.66. The first-order valence-electron chi connectivity index (χ1n) is 5.51. The van der Waals surface area contributed by atoms with Crippen molar-refractivity contribution in [1.29, 1.82) is 0 Å². The second kappa shape index (κ2) is 5.99. The average Bonchev–Trinajstić information content (AvgIpc) is 2.76. The van der Waals surface area contributed by atoms with Crippen LogP contribution in [0.5, 0.6) is 5.75 Å². The van der Waals surface area contributed by atoms with Gasteiger partial charge in [0.25, 0.3) is 0 Å². The van der Waals surface area contributed by atoms with E-state index in [0.717, 1.165) is 5.69 Å². The minimum atomic E-state index is 0.0387. The molecule has 0 radical (unpaired) electrons. The number of ketones is 1. The lowest BCUT2D eigenvalue weighted by molar-refractivity contribution is -0.116. The predicted molar refractivity (Wildman–Crippen MR) is 75.6 cm³/mol. The molecular formula is C12H12ClN3O2S. The van der Waals surface area contributed by atoms with Crippen LogP contribution < -0.4 is 10.1 Å². The average molecular weight is 298 g/mol. The predicted octanol–water partition coefficient (Wildman–Crippen LogP) is 3.08. The summed E-state index contributed by atoms with van der Waals surface area (Å²) in [7, 11) is 1.56. The van der Waals surface area contributed by atoms with Gasteiger partial charge < -0.3 is 10.1 Å². The highest BCUT2D eigenvalue weighted by molar-refractivity contribution is 7.09. The van der Waals surface area contributed by atoms with E-state index in [4.69, 9.17) is 16.3 Å². The number of aromatic nitrogens is 2. The van der Waals surface area contributed by atoms with Crippen molar-refractivity contribution in [2.75, 3.05) is 12.4 Å². The lowest BCUT2D eigenvalue weighted by Crippen LogP contribution is -1.98. The van der Waals surface area contributed by atoms with Gasteiger partial charge >= 0.3 is 0 Å². The molecule has 0 aliphatic heterocycles. The molecule has 0 spiro atoms. The molecule has 1 N–H and O–H groups in total. The first-order chi connectivity index (χ1) is 9.08. The third-order valence-electron chi connectivity index (χ3n) is 2.28. The fourth-order valence-corrected chi connectivity index (χ4v) is 2.33. The maximum Gasteiger partial charge on any atom is 0.207 e. The second-order valence-corrected chi connectivity index (χ2v) is 5.03. The Morgan fingerprint density at radius 3 is 2.95 bits per heavy atom. The van der Waals surface area contributed by atoms with Crippen LogP contribution in [0.15, 0.2) is 18.2 Å². The number of carbonyl (C=O) groups is 1. The van der Waals surface area contributed by atoms with E-state index in [2.05, 4.69) is 14.7 Å². The van der Waals surface area contributed by atoms with Crippen LogP contribution in [-0.2, 0) is 11.2 Å². The molecule has 0 unspecified atom stereocenters. The summed E-state index contributed by atoms with van der Waals surface area (Å²) in [5.74, 6) is 1.18. The molecule has 100 valence electrons. The molecule has 0 bridgehead atoms. The van der Waals surface area contributed by atoms with Crippen LogP contribution in [0.3, 0.4) is 0 Å². The van der Waals surface area contributed by atoms with Crippen molar-refractivity contribution in [2.24, 2.45) is 0 Å². The Kier molecular flexibility index (Phi) is 4.34. The van der Waals surface area contributed by atoms with Crippen LogP contribution >= 0.6 is 23.1 Å². The Bertz CT molecular complexity index is 600. The van der Waals surface area contributed by atoms with Crippen LogP contribution in [-0.4, -0.2) is 22.3 Å². The number of halogens is 1. The summed E-state index contributed by atoms with van der Waals surface area (Å²) in [6, 6.07) is 5.34. The number of rotatable bonds is 5. The van der Waals surface area contributed by atoms with Crippen LogP contribution in [0.4, 0.5) is 10.8 Å². The van der Waals surface area contributed by atoms with E-state index in [-0.39, 0.29) is 12.2 Å². The van der Waals surface area contributed by atoms with Crippen LogP contribution in [0.1, 0.15) is 12.7 Å². The molecule has 7 heteroatoms. The van der Waals surface area contributed by atoms with Gasteiger partial charge in [-0.05, 0) is 25.1 Å². The molecule has 0 saturated heterocycles. The smallest absolute Gasteiger partial charge is 0.207 e. The summed E-state index contributed by atoms with van der Waals surface area (Å²) in [5, 5.41) is 4.22. The Balaban J connectivity index is 2.10. The van der Waals surface area contributed by atoms with Gasteiger partial charge in [-0.1, -0.05) is 11.6 Å². The van der Waals surface area contributed by atoms with Gasteiger partial charge in [-0.15, -0.1) is 0 Å². The molecule has 1 aromatic heterocycles. The summed E-state index contributed by atoms with van der Waals surface area (Å²) in [6.45, 7) is 1.51. The monoisotopic (exact) mass is 297 g/mol. The van der Waals surface area contributed by atoms with Crippen molar-refractivity contribution in [3.63, 3.8) is 0 Å². The van der Waals surface area contributed by atoms with Gasteiger partial charge in [0.2, 0.25) is 5.13 Å². The highest BCUT2D eigenvalue weighted by Crippen LogP contribution is 2.29. The number of Topliss-reactive ketones (excluding diaryl/α,β-unsaturated/α-hetero) is 1. The fourth-order valence-electron chi connectivity index (χ4n) is 1.47. The summed E-state index contributed by atoms with van der Waals surface area (Å²) < 4.78 is 9.17. The van der Waals surface area contributed by atoms with Crippen molar-refractivity contribution in [2.45, 2.75) is 13.3 Å². The van der Waals surface area contributed by atoms with E-state index in [1.165, 1.54) is 18.5 Å². The number of anilines is 2. The van der Waals surface area contributed by atoms with Gasteiger partial charge in [0.15, 0.2) is 5.82 Å². The van der Waals surface area contributed by atoms with Gasteiger partial charge in [-0.2, -0.15) is 4.37 Å². The lowest BCUT2D eigenvalue weighted by atomic mass is 10.3. The van der Waals surface area contributed by atoms with Crippen molar-refractivity contribution >= 4 is 39.7 Å². The van der Waals surface area contributed by atoms with Gasteiger partial charge in [0.05, 0.1) is 18.6 Å². The van der Waals surface area contributed by atoms with Crippen molar-refractivity contribution in [3.8, 4) is 5.75 Å². The van der Waals surface area contributed by atoms with Crippen molar-refractivity contribution in [3.05, 3.63) is 29.0 Å². The van der Waals surface area contributed by atoms with E-state index >= 15 is 0 Å². The van der Waals surface area contributed by atoms with E-state index in [9.17, 15) is 4.79 Å². The highest BCUT2D eigenvalue weighted by Gasteiger charge is 2.07. The molecule has 0 amide bonds. The molecule has 0 atom stereocenters. The first-order valence-corrected chi connectivity index (χ1v) is 6.66. The largest absolute Gasteiger partial charge is 0.495 e.